The summed E-state index contributed by atoms with van der Waals surface area (Å²) < 4.78 is 21.6. The quantitative estimate of drug-likeness (QED) is 0.605. The van der Waals surface area contributed by atoms with Gasteiger partial charge in [0.1, 0.15) is 5.75 Å². The van der Waals surface area contributed by atoms with E-state index in [1.165, 1.54) is 0 Å². The molecule has 2 aromatic carbocycles. The predicted molar refractivity (Wildman–Crippen MR) is 120 cm³/mol. The van der Waals surface area contributed by atoms with Crippen LogP contribution >= 0.6 is 0 Å². The molecule has 31 heavy (non-hydrogen) atoms. The summed E-state index contributed by atoms with van der Waals surface area (Å²) in [6, 6.07) is 11.5. The first-order chi connectivity index (χ1) is 15.1. The zero-order valence-electron chi connectivity index (χ0n) is 18.6. The van der Waals surface area contributed by atoms with Crippen molar-refractivity contribution in [3.8, 4) is 23.0 Å². The van der Waals surface area contributed by atoms with Gasteiger partial charge in [0.2, 0.25) is 11.7 Å². The fourth-order valence-electron chi connectivity index (χ4n) is 3.67. The highest BCUT2D eigenvalue weighted by Gasteiger charge is 2.22. The van der Waals surface area contributed by atoms with Crippen molar-refractivity contribution in [2.75, 3.05) is 54.6 Å². The summed E-state index contributed by atoms with van der Waals surface area (Å²) in [7, 11) is 6.47. The first-order valence-corrected chi connectivity index (χ1v) is 10.2. The number of nitrogens with zero attached hydrogens (tertiary/aromatic N) is 2. The molecule has 166 valence electrons. The Labute approximate surface area is 183 Å². The minimum atomic E-state index is 0.0196. The first-order valence-electron chi connectivity index (χ1n) is 10.2. The number of amides is 1. The van der Waals surface area contributed by atoms with Gasteiger partial charge in [0.15, 0.2) is 11.5 Å². The summed E-state index contributed by atoms with van der Waals surface area (Å²) in [6.07, 6.45) is 3.45. The van der Waals surface area contributed by atoms with Gasteiger partial charge in [0.05, 0.1) is 28.4 Å². The molecule has 1 amide bonds. The highest BCUT2D eigenvalue weighted by atomic mass is 16.5. The minimum absolute atomic E-state index is 0.0196. The molecule has 0 spiro atoms. The molecule has 0 bridgehead atoms. The number of hydrogen-bond acceptors (Lipinski definition) is 6. The highest BCUT2D eigenvalue weighted by Crippen LogP contribution is 2.40. The summed E-state index contributed by atoms with van der Waals surface area (Å²) in [4.78, 5) is 16.8. The summed E-state index contributed by atoms with van der Waals surface area (Å²) >= 11 is 0. The Morgan fingerprint density at radius 2 is 1.65 bits per heavy atom. The van der Waals surface area contributed by atoms with Gasteiger partial charge in [0.25, 0.3) is 0 Å². The second-order valence-electron chi connectivity index (χ2n) is 7.20. The van der Waals surface area contributed by atoms with Crippen LogP contribution in [0.2, 0.25) is 0 Å². The van der Waals surface area contributed by atoms with E-state index in [0.717, 1.165) is 30.0 Å². The van der Waals surface area contributed by atoms with Crippen molar-refractivity contribution in [2.24, 2.45) is 0 Å². The van der Waals surface area contributed by atoms with E-state index < -0.39 is 0 Å². The van der Waals surface area contributed by atoms with Crippen LogP contribution in [-0.4, -0.2) is 70.3 Å². The van der Waals surface area contributed by atoms with Crippen molar-refractivity contribution >= 4 is 12.0 Å². The molecule has 0 N–H and O–H groups in total. The summed E-state index contributed by atoms with van der Waals surface area (Å²) in [6.45, 7) is 3.64. The molecule has 0 atom stereocenters. The molecule has 2 aromatic rings. The van der Waals surface area contributed by atoms with Crippen molar-refractivity contribution in [3.63, 3.8) is 0 Å². The van der Waals surface area contributed by atoms with Gasteiger partial charge in [-0.05, 0) is 29.8 Å². The van der Waals surface area contributed by atoms with Gasteiger partial charge in [-0.2, -0.15) is 0 Å². The molecule has 0 aromatic heterocycles. The molecule has 0 radical (unpaired) electrons. The monoisotopic (exact) mass is 426 g/mol. The van der Waals surface area contributed by atoms with Gasteiger partial charge >= 0.3 is 0 Å². The van der Waals surface area contributed by atoms with Gasteiger partial charge < -0.3 is 23.8 Å². The largest absolute Gasteiger partial charge is 0.497 e. The maximum atomic E-state index is 12.6. The van der Waals surface area contributed by atoms with Crippen LogP contribution in [0.5, 0.6) is 23.0 Å². The molecule has 3 rings (SSSR count). The smallest absolute Gasteiger partial charge is 0.246 e. The molecule has 0 saturated carbocycles. The van der Waals surface area contributed by atoms with Crippen molar-refractivity contribution in [3.05, 3.63) is 53.6 Å². The average Bonchev–Trinajstić information content (AvgIpc) is 2.82. The van der Waals surface area contributed by atoms with Gasteiger partial charge in [-0.25, -0.2) is 0 Å². The van der Waals surface area contributed by atoms with Crippen LogP contribution in [0.3, 0.4) is 0 Å². The number of ether oxygens (including phenoxy) is 4. The van der Waals surface area contributed by atoms with E-state index in [1.54, 1.807) is 34.5 Å². The Kier molecular flexibility index (Phi) is 7.78. The van der Waals surface area contributed by atoms with Crippen molar-refractivity contribution in [2.45, 2.75) is 6.54 Å². The Hall–Kier alpha value is -3.19. The second-order valence-corrected chi connectivity index (χ2v) is 7.20. The van der Waals surface area contributed by atoms with E-state index in [2.05, 4.69) is 4.90 Å². The van der Waals surface area contributed by atoms with Crippen molar-refractivity contribution < 1.29 is 23.7 Å². The summed E-state index contributed by atoms with van der Waals surface area (Å²) in [5, 5.41) is 0. The Balaban J connectivity index is 1.58. The zero-order valence-corrected chi connectivity index (χ0v) is 18.6. The normalized spacial score (nSPS) is 14.5. The zero-order chi connectivity index (χ0) is 22.2. The molecule has 0 unspecified atom stereocenters. The summed E-state index contributed by atoms with van der Waals surface area (Å²) in [5.74, 6) is 2.71. The fourth-order valence-corrected chi connectivity index (χ4v) is 3.67. The van der Waals surface area contributed by atoms with E-state index >= 15 is 0 Å². The fraction of sp³-hybridized carbons (Fsp3) is 0.375. The Morgan fingerprint density at radius 1 is 0.903 bits per heavy atom. The number of rotatable bonds is 8. The molecular weight excluding hydrogens is 396 g/mol. The third-order valence-corrected chi connectivity index (χ3v) is 5.38. The lowest BCUT2D eigenvalue weighted by Crippen LogP contribution is -2.47. The third kappa shape index (κ3) is 5.49. The lowest BCUT2D eigenvalue weighted by Gasteiger charge is -2.34. The second kappa shape index (κ2) is 10.7. The van der Waals surface area contributed by atoms with Crippen LogP contribution in [0.4, 0.5) is 0 Å². The third-order valence-electron chi connectivity index (χ3n) is 5.38. The van der Waals surface area contributed by atoms with E-state index in [9.17, 15) is 4.79 Å². The minimum Gasteiger partial charge on any atom is -0.497 e. The van der Waals surface area contributed by atoms with Crippen molar-refractivity contribution in [1.82, 2.24) is 9.80 Å². The number of carbonyl (C=O) groups is 1. The lowest BCUT2D eigenvalue weighted by atomic mass is 10.1. The Morgan fingerprint density at radius 3 is 2.29 bits per heavy atom. The SMILES string of the molecule is COc1cccc(/C=C/C(=O)N2CCN(Cc3ccc(OC)c(OC)c3OC)CC2)c1. The van der Waals surface area contributed by atoms with Crippen molar-refractivity contribution in [1.29, 1.82) is 0 Å². The molecule has 1 aliphatic rings. The molecular formula is C24H30N2O5. The molecule has 7 heteroatoms. The van der Waals surface area contributed by atoms with Gasteiger partial charge in [-0.1, -0.05) is 18.2 Å². The average molecular weight is 427 g/mol. The van der Waals surface area contributed by atoms with Crippen LogP contribution in [0.15, 0.2) is 42.5 Å². The van der Waals surface area contributed by atoms with E-state index in [1.807, 2.05) is 47.4 Å². The lowest BCUT2D eigenvalue weighted by molar-refractivity contribution is -0.127. The molecule has 0 aliphatic carbocycles. The van der Waals surface area contributed by atoms with Gasteiger partial charge in [-0.3, -0.25) is 9.69 Å². The number of carbonyl (C=O) groups excluding carboxylic acids is 1. The molecule has 1 aliphatic heterocycles. The van der Waals surface area contributed by atoms with Crippen LogP contribution in [0.1, 0.15) is 11.1 Å². The highest BCUT2D eigenvalue weighted by molar-refractivity contribution is 5.91. The topological polar surface area (TPSA) is 60.5 Å². The maximum absolute atomic E-state index is 12.6. The number of methoxy groups -OCH3 is 4. The Bertz CT molecular complexity index is 920. The number of piperazine rings is 1. The van der Waals surface area contributed by atoms with Gasteiger partial charge in [-0.15, -0.1) is 0 Å². The molecule has 1 heterocycles. The first kappa shape index (κ1) is 22.5. The van der Waals surface area contributed by atoms with E-state index in [4.69, 9.17) is 18.9 Å². The number of benzene rings is 2. The van der Waals surface area contributed by atoms with Crippen LogP contribution in [0.25, 0.3) is 6.08 Å². The van der Waals surface area contributed by atoms with E-state index in [-0.39, 0.29) is 5.91 Å². The molecule has 1 saturated heterocycles. The number of hydrogen-bond donors (Lipinski definition) is 0. The van der Waals surface area contributed by atoms with Gasteiger partial charge in [0, 0.05) is 44.4 Å². The summed E-state index contributed by atoms with van der Waals surface area (Å²) in [5.41, 5.74) is 1.96. The maximum Gasteiger partial charge on any atom is 0.246 e. The van der Waals surface area contributed by atoms with Crippen LogP contribution < -0.4 is 18.9 Å². The molecule has 1 fully saturated rings. The molecule has 7 nitrogen and oxygen atoms in total. The standard InChI is InChI=1S/C24H30N2O5/c1-28-20-7-5-6-18(16-20)8-11-22(27)26-14-12-25(13-15-26)17-19-9-10-21(29-2)24(31-4)23(19)30-3/h5-11,16H,12-15,17H2,1-4H3/b11-8+. The van der Waals surface area contributed by atoms with E-state index in [0.29, 0.717) is 36.9 Å². The van der Waals surface area contributed by atoms with Crippen LogP contribution in [0, 0.1) is 0 Å². The predicted octanol–water partition coefficient (Wildman–Crippen LogP) is 3.08. The van der Waals surface area contributed by atoms with Crippen LogP contribution in [-0.2, 0) is 11.3 Å².